The monoisotopic (exact) mass is 280 g/mol. The minimum absolute atomic E-state index is 0.135. The van der Waals surface area contributed by atoms with Gasteiger partial charge in [-0.25, -0.2) is 0 Å². The van der Waals surface area contributed by atoms with Crippen LogP contribution in [0.4, 0.5) is 5.69 Å². The second kappa shape index (κ2) is 5.34. The molecular weight excluding hydrogens is 260 g/mol. The average molecular weight is 280 g/mol. The van der Waals surface area contributed by atoms with E-state index in [-0.39, 0.29) is 11.9 Å². The first-order chi connectivity index (χ1) is 10.1. The van der Waals surface area contributed by atoms with Crippen molar-refractivity contribution in [1.29, 1.82) is 0 Å². The first-order valence-corrected chi connectivity index (χ1v) is 7.27. The minimum atomic E-state index is -0.167. The molecule has 1 atom stereocenters. The molecule has 2 N–H and O–H groups in total. The van der Waals surface area contributed by atoms with Gasteiger partial charge < -0.3 is 10.6 Å². The lowest BCUT2D eigenvalue weighted by molar-refractivity contribution is -0.117. The van der Waals surface area contributed by atoms with Crippen LogP contribution < -0.4 is 10.6 Å². The summed E-state index contributed by atoms with van der Waals surface area (Å²) in [6, 6.07) is 14.0. The summed E-state index contributed by atoms with van der Waals surface area (Å²) in [5, 5.41) is 0. The van der Waals surface area contributed by atoms with Crippen molar-refractivity contribution in [2.24, 2.45) is 5.73 Å². The number of carbonyl (C=O) groups excluding carboxylic acids is 1. The van der Waals surface area contributed by atoms with Gasteiger partial charge in [0.25, 0.3) is 0 Å². The third-order valence-corrected chi connectivity index (χ3v) is 4.26. The number of nitrogens with zero attached hydrogens (tertiary/aromatic N) is 1. The summed E-state index contributed by atoms with van der Waals surface area (Å²) < 4.78 is 0. The van der Waals surface area contributed by atoms with E-state index in [1.165, 1.54) is 11.1 Å². The Morgan fingerprint density at radius 2 is 1.90 bits per heavy atom. The second-order valence-corrected chi connectivity index (χ2v) is 5.76. The Morgan fingerprint density at radius 3 is 2.67 bits per heavy atom. The molecule has 0 fully saturated rings. The Labute approximate surface area is 125 Å². The normalized spacial score (nSPS) is 15.2. The Balaban J connectivity index is 1.83. The van der Waals surface area contributed by atoms with Crippen LogP contribution in [0.3, 0.4) is 0 Å². The molecule has 21 heavy (non-hydrogen) atoms. The Hall–Kier alpha value is -2.13. The molecule has 0 bridgehead atoms. The van der Waals surface area contributed by atoms with Crippen molar-refractivity contribution in [2.75, 3.05) is 11.4 Å². The molecule has 108 valence electrons. The Kier molecular flexibility index (Phi) is 3.52. The summed E-state index contributed by atoms with van der Waals surface area (Å²) in [6.45, 7) is 4.70. The fourth-order valence-corrected chi connectivity index (χ4v) is 2.81. The van der Waals surface area contributed by atoms with Crippen LogP contribution in [0.15, 0.2) is 42.5 Å². The molecule has 3 nitrogen and oxygen atoms in total. The number of anilines is 1. The predicted octanol–water partition coefficient (Wildman–Crippen LogP) is 2.89. The number of hydrogen-bond acceptors (Lipinski definition) is 2. The minimum Gasteiger partial charge on any atom is -0.322 e. The fourth-order valence-electron chi connectivity index (χ4n) is 2.81. The quantitative estimate of drug-likeness (QED) is 0.939. The molecule has 1 heterocycles. The Morgan fingerprint density at radius 1 is 1.14 bits per heavy atom. The van der Waals surface area contributed by atoms with Crippen molar-refractivity contribution in [2.45, 2.75) is 26.3 Å². The molecule has 3 heteroatoms. The highest BCUT2D eigenvalue weighted by molar-refractivity contribution is 6.01. The van der Waals surface area contributed by atoms with Crippen LogP contribution in [-0.4, -0.2) is 12.5 Å². The van der Waals surface area contributed by atoms with Crippen molar-refractivity contribution in [3.63, 3.8) is 0 Å². The zero-order valence-corrected chi connectivity index (χ0v) is 12.5. The lowest BCUT2D eigenvalue weighted by Gasteiger charge is -2.22. The van der Waals surface area contributed by atoms with Gasteiger partial charge in [0.05, 0.1) is 6.42 Å². The summed E-state index contributed by atoms with van der Waals surface area (Å²) >= 11 is 0. The fraction of sp³-hybridized carbons (Fsp3) is 0.278. The van der Waals surface area contributed by atoms with E-state index in [2.05, 4.69) is 32.0 Å². The SMILES string of the molecule is Cc1ccc(C(N)CN2C(=O)Cc3ccccc32)cc1C. The van der Waals surface area contributed by atoms with Crippen molar-refractivity contribution in [1.82, 2.24) is 0 Å². The van der Waals surface area contributed by atoms with Crippen molar-refractivity contribution in [3.05, 3.63) is 64.7 Å². The topological polar surface area (TPSA) is 46.3 Å². The van der Waals surface area contributed by atoms with E-state index >= 15 is 0 Å². The largest absolute Gasteiger partial charge is 0.322 e. The van der Waals surface area contributed by atoms with Gasteiger partial charge in [-0.15, -0.1) is 0 Å². The second-order valence-electron chi connectivity index (χ2n) is 5.76. The highest BCUT2D eigenvalue weighted by Crippen LogP contribution is 2.30. The van der Waals surface area contributed by atoms with Crippen LogP contribution in [0.5, 0.6) is 0 Å². The molecular formula is C18H20N2O. The zero-order chi connectivity index (χ0) is 15.0. The number of benzene rings is 2. The van der Waals surface area contributed by atoms with Gasteiger partial charge in [0, 0.05) is 18.3 Å². The van der Waals surface area contributed by atoms with Crippen LogP contribution in [0.25, 0.3) is 0 Å². The van der Waals surface area contributed by atoms with Gasteiger partial charge in [-0.05, 0) is 42.2 Å². The van der Waals surface area contributed by atoms with Gasteiger partial charge in [-0.1, -0.05) is 36.4 Å². The molecule has 0 saturated carbocycles. The van der Waals surface area contributed by atoms with Gasteiger partial charge in [-0.2, -0.15) is 0 Å². The molecule has 1 aliphatic heterocycles. The average Bonchev–Trinajstić information content (AvgIpc) is 2.78. The third-order valence-electron chi connectivity index (χ3n) is 4.26. The number of aryl methyl sites for hydroxylation is 2. The van der Waals surface area contributed by atoms with Gasteiger partial charge in [0.1, 0.15) is 0 Å². The van der Waals surface area contributed by atoms with Crippen LogP contribution in [0.1, 0.15) is 28.3 Å². The van der Waals surface area contributed by atoms with Gasteiger partial charge in [-0.3, -0.25) is 4.79 Å². The number of rotatable bonds is 3. The number of para-hydroxylation sites is 1. The standard InChI is InChI=1S/C18H20N2O/c1-12-7-8-14(9-13(12)2)16(19)11-20-17-6-4-3-5-15(17)10-18(20)21/h3-9,16H,10-11,19H2,1-2H3. The summed E-state index contributed by atoms with van der Waals surface area (Å²) in [4.78, 5) is 14.0. The number of hydrogen-bond donors (Lipinski definition) is 1. The highest BCUT2D eigenvalue weighted by atomic mass is 16.2. The lowest BCUT2D eigenvalue weighted by Crippen LogP contribution is -2.34. The predicted molar refractivity (Wildman–Crippen MR) is 85.3 cm³/mol. The van der Waals surface area contributed by atoms with Gasteiger partial charge in [0.15, 0.2) is 0 Å². The van der Waals surface area contributed by atoms with E-state index in [9.17, 15) is 4.79 Å². The molecule has 1 unspecified atom stereocenters. The molecule has 2 aromatic rings. The van der Waals surface area contributed by atoms with Crippen LogP contribution >= 0.6 is 0 Å². The molecule has 1 aliphatic rings. The molecule has 0 saturated heterocycles. The maximum absolute atomic E-state index is 12.2. The molecule has 0 aromatic heterocycles. The number of fused-ring (bicyclic) bond motifs is 1. The number of amides is 1. The summed E-state index contributed by atoms with van der Waals surface area (Å²) in [5.74, 6) is 0.135. The summed E-state index contributed by atoms with van der Waals surface area (Å²) in [6.07, 6.45) is 0.482. The lowest BCUT2D eigenvalue weighted by atomic mass is 10.0. The van der Waals surface area contributed by atoms with E-state index in [1.807, 2.05) is 29.2 Å². The first-order valence-electron chi connectivity index (χ1n) is 7.27. The van der Waals surface area contributed by atoms with E-state index in [1.54, 1.807) is 0 Å². The molecule has 0 aliphatic carbocycles. The zero-order valence-electron chi connectivity index (χ0n) is 12.5. The molecule has 3 rings (SSSR count). The smallest absolute Gasteiger partial charge is 0.231 e. The molecule has 1 amide bonds. The van der Waals surface area contributed by atoms with E-state index < -0.39 is 0 Å². The first kappa shape index (κ1) is 13.8. The highest BCUT2D eigenvalue weighted by Gasteiger charge is 2.28. The molecule has 2 aromatic carbocycles. The van der Waals surface area contributed by atoms with Crippen molar-refractivity contribution in [3.8, 4) is 0 Å². The van der Waals surface area contributed by atoms with Crippen LogP contribution in [0, 0.1) is 13.8 Å². The third kappa shape index (κ3) is 2.57. The van der Waals surface area contributed by atoms with E-state index in [4.69, 9.17) is 5.73 Å². The maximum atomic E-state index is 12.2. The van der Waals surface area contributed by atoms with Crippen LogP contribution in [-0.2, 0) is 11.2 Å². The summed E-state index contributed by atoms with van der Waals surface area (Å²) in [7, 11) is 0. The van der Waals surface area contributed by atoms with E-state index in [0.717, 1.165) is 16.8 Å². The molecule has 0 radical (unpaired) electrons. The van der Waals surface area contributed by atoms with Crippen molar-refractivity contribution < 1.29 is 4.79 Å². The van der Waals surface area contributed by atoms with Gasteiger partial charge in [0.2, 0.25) is 5.91 Å². The number of nitrogens with two attached hydrogens (primary N) is 1. The number of carbonyl (C=O) groups is 1. The Bertz CT molecular complexity index is 693. The van der Waals surface area contributed by atoms with Crippen LogP contribution in [0.2, 0.25) is 0 Å². The summed E-state index contributed by atoms with van der Waals surface area (Å²) in [5.41, 5.74) is 12.0. The van der Waals surface area contributed by atoms with Gasteiger partial charge >= 0.3 is 0 Å². The molecule has 0 spiro atoms. The van der Waals surface area contributed by atoms with E-state index in [0.29, 0.717) is 13.0 Å². The maximum Gasteiger partial charge on any atom is 0.231 e. The van der Waals surface area contributed by atoms with Crippen molar-refractivity contribution >= 4 is 11.6 Å².